The van der Waals surface area contributed by atoms with Crippen molar-refractivity contribution in [3.05, 3.63) is 26.4 Å². The molecular weight excluding hydrogens is 252 g/mol. The van der Waals surface area contributed by atoms with Gasteiger partial charge in [0.2, 0.25) is 0 Å². The van der Waals surface area contributed by atoms with E-state index >= 15 is 0 Å². The summed E-state index contributed by atoms with van der Waals surface area (Å²) in [6.07, 6.45) is 0. The first-order valence-corrected chi connectivity index (χ1v) is 5.35. The zero-order valence-corrected chi connectivity index (χ0v) is 9.70. The van der Waals surface area contributed by atoms with Crippen molar-refractivity contribution < 1.29 is 9.90 Å². The van der Waals surface area contributed by atoms with Crippen LogP contribution >= 0.6 is 27.3 Å². The Bertz CT molecular complexity index is 361. The molecule has 0 radical (unpaired) electrons. The van der Waals surface area contributed by atoms with Crippen molar-refractivity contribution in [1.29, 1.82) is 0 Å². The quantitative estimate of drug-likeness (QED) is 0.828. The Kier molecular flexibility index (Phi) is 3.27. The highest BCUT2D eigenvalue weighted by Gasteiger charge is 2.13. The van der Waals surface area contributed by atoms with Crippen molar-refractivity contribution >= 4 is 38.8 Å². The van der Waals surface area contributed by atoms with Crippen LogP contribution in [0, 0.1) is 0 Å². The van der Waals surface area contributed by atoms with Crippen LogP contribution in [0.25, 0.3) is 5.57 Å². The molecule has 0 aliphatic carbocycles. The number of aliphatic carboxylic acids is 1. The van der Waals surface area contributed by atoms with Crippen molar-refractivity contribution in [3.8, 4) is 0 Å². The second kappa shape index (κ2) is 4.07. The Hall–Kier alpha value is -0.610. The van der Waals surface area contributed by atoms with Gasteiger partial charge in [-0.2, -0.15) is 0 Å². The van der Waals surface area contributed by atoms with E-state index in [1.165, 1.54) is 11.3 Å². The molecular formula is C9H9BrO2S. The van der Waals surface area contributed by atoms with E-state index in [9.17, 15) is 4.79 Å². The standard InChI is InChI=1S/C9H9BrO2S/c1-5(2)8(9(11)12)7-3-6(10)4-13-7/h3-4H,1-2H3,(H,11,12). The maximum absolute atomic E-state index is 10.9. The van der Waals surface area contributed by atoms with Gasteiger partial charge in [0, 0.05) is 14.7 Å². The molecule has 0 aromatic carbocycles. The molecule has 13 heavy (non-hydrogen) atoms. The van der Waals surface area contributed by atoms with Gasteiger partial charge in [0.05, 0.1) is 5.57 Å². The monoisotopic (exact) mass is 260 g/mol. The minimum absolute atomic E-state index is 0.399. The third-order valence-corrected chi connectivity index (χ3v) is 3.24. The van der Waals surface area contributed by atoms with Gasteiger partial charge in [-0.25, -0.2) is 4.79 Å². The van der Waals surface area contributed by atoms with Gasteiger partial charge in [-0.15, -0.1) is 11.3 Å². The predicted octanol–water partition coefficient (Wildman–Crippen LogP) is 3.39. The summed E-state index contributed by atoms with van der Waals surface area (Å²) < 4.78 is 0.924. The van der Waals surface area contributed by atoms with E-state index in [1.54, 1.807) is 13.8 Å². The van der Waals surface area contributed by atoms with E-state index in [2.05, 4.69) is 15.9 Å². The summed E-state index contributed by atoms with van der Waals surface area (Å²) in [4.78, 5) is 11.7. The number of carbonyl (C=O) groups is 1. The van der Waals surface area contributed by atoms with Crippen LogP contribution in [-0.2, 0) is 4.79 Å². The normalized spacial score (nSPS) is 9.77. The molecule has 0 saturated carbocycles. The lowest BCUT2D eigenvalue weighted by molar-refractivity contribution is -0.130. The van der Waals surface area contributed by atoms with E-state index in [-0.39, 0.29) is 0 Å². The molecule has 4 heteroatoms. The average Bonchev–Trinajstić information content (AvgIpc) is 2.34. The number of carboxylic acid groups (broad SMARTS) is 1. The second-order valence-electron chi connectivity index (χ2n) is 2.81. The summed E-state index contributed by atoms with van der Waals surface area (Å²) in [6.45, 7) is 3.61. The first-order valence-electron chi connectivity index (χ1n) is 3.67. The lowest BCUT2D eigenvalue weighted by atomic mass is 10.1. The van der Waals surface area contributed by atoms with Crippen LogP contribution < -0.4 is 0 Å². The Morgan fingerprint density at radius 2 is 2.15 bits per heavy atom. The zero-order chi connectivity index (χ0) is 10.0. The Morgan fingerprint density at radius 3 is 2.46 bits per heavy atom. The highest BCUT2D eigenvalue weighted by Crippen LogP contribution is 2.28. The van der Waals surface area contributed by atoms with Gasteiger partial charge in [-0.3, -0.25) is 0 Å². The molecule has 1 aromatic heterocycles. The smallest absolute Gasteiger partial charge is 0.337 e. The summed E-state index contributed by atoms with van der Waals surface area (Å²) in [5.41, 5.74) is 1.22. The fraction of sp³-hybridized carbons (Fsp3) is 0.222. The van der Waals surface area contributed by atoms with Crippen molar-refractivity contribution in [3.63, 3.8) is 0 Å². The van der Waals surface area contributed by atoms with E-state index in [4.69, 9.17) is 5.11 Å². The fourth-order valence-corrected chi connectivity index (χ4v) is 2.58. The topological polar surface area (TPSA) is 37.3 Å². The van der Waals surface area contributed by atoms with Crippen LogP contribution in [0.5, 0.6) is 0 Å². The Balaban J connectivity index is 3.19. The number of halogens is 1. The van der Waals surface area contributed by atoms with Crippen LogP contribution in [0.2, 0.25) is 0 Å². The molecule has 0 spiro atoms. The van der Waals surface area contributed by atoms with Gasteiger partial charge >= 0.3 is 5.97 Å². The van der Waals surface area contributed by atoms with Gasteiger partial charge in [0.15, 0.2) is 0 Å². The summed E-state index contributed by atoms with van der Waals surface area (Å²) in [5.74, 6) is -0.866. The minimum Gasteiger partial charge on any atom is -0.478 e. The maximum Gasteiger partial charge on any atom is 0.337 e. The van der Waals surface area contributed by atoms with Crippen LogP contribution in [0.4, 0.5) is 0 Å². The minimum atomic E-state index is -0.866. The second-order valence-corrected chi connectivity index (χ2v) is 4.64. The molecule has 1 aromatic rings. The average molecular weight is 261 g/mol. The molecule has 0 aliphatic rings. The van der Waals surface area contributed by atoms with E-state index in [0.29, 0.717) is 5.57 Å². The summed E-state index contributed by atoms with van der Waals surface area (Å²) in [6, 6.07) is 1.82. The first-order chi connectivity index (χ1) is 6.02. The van der Waals surface area contributed by atoms with Crippen LogP contribution in [0.15, 0.2) is 21.5 Å². The fourth-order valence-electron chi connectivity index (χ4n) is 1.01. The maximum atomic E-state index is 10.9. The molecule has 1 rings (SSSR count). The Labute approximate surface area is 89.0 Å². The van der Waals surface area contributed by atoms with Crippen LogP contribution in [0.3, 0.4) is 0 Å². The van der Waals surface area contributed by atoms with E-state index < -0.39 is 5.97 Å². The molecule has 70 valence electrons. The molecule has 2 nitrogen and oxygen atoms in total. The summed E-state index contributed by atoms with van der Waals surface area (Å²) in [5, 5.41) is 10.8. The lowest BCUT2D eigenvalue weighted by Crippen LogP contribution is -1.99. The highest BCUT2D eigenvalue weighted by atomic mass is 79.9. The number of thiophene rings is 1. The molecule has 1 heterocycles. The van der Waals surface area contributed by atoms with Gasteiger partial charge in [0.1, 0.15) is 0 Å². The van der Waals surface area contributed by atoms with Gasteiger partial charge in [-0.05, 0) is 35.8 Å². The van der Waals surface area contributed by atoms with Crippen LogP contribution in [0.1, 0.15) is 18.7 Å². The molecule has 0 amide bonds. The molecule has 1 N–H and O–H groups in total. The number of hydrogen-bond donors (Lipinski definition) is 1. The van der Waals surface area contributed by atoms with Crippen molar-refractivity contribution in [2.75, 3.05) is 0 Å². The Morgan fingerprint density at radius 1 is 1.54 bits per heavy atom. The van der Waals surface area contributed by atoms with Crippen molar-refractivity contribution in [2.45, 2.75) is 13.8 Å². The molecule has 0 unspecified atom stereocenters. The number of hydrogen-bond acceptors (Lipinski definition) is 2. The summed E-state index contributed by atoms with van der Waals surface area (Å²) >= 11 is 4.72. The zero-order valence-electron chi connectivity index (χ0n) is 7.30. The van der Waals surface area contributed by atoms with E-state index in [0.717, 1.165) is 14.9 Å². The largest absolute Gasteiger partial charge is 0.478 e. The molecule has 0 saturated heterocycles. The highest BCUT2D eigenvalue weighted by molar-refractivity contribution is 9.10. The predicted molar refractivity (Wildman–Crippen MR) is 57.9 cm³/mol. The van der Waals surface area contributed by atoms with Gasteiger partial charge < -0.3 is 5.11 Å². The number of allylic oxidation sites excluding steroid dienone is 1. The van der Waals surface area contributed by atoms with Gasteiger partial charge in [0.25, 0.3) is 0 Å². The SMILES string of the molecule is CC(C)=C(C(=O)O)c1cc(Br)cs1. The third kappa shape index (κ3) is 2.42. The molecule has 0 bridgehead atoms. The number of carboxylic acids is 1. The van der Waals surface area contributed by atoms with Crippen molar-refractivity contribution in [2.24, 2.45) is 0 Å². The number of rotatable bonds is 2. The van der Waals surface area contributed by atoms with E-state index in [1.807, 2.05) is 11.4 Å². The molecule has 0 aliphatic heterocycles. The third-order valence-electron chi connectivity index (χ3n) is 1.53. The molecule has 0 fully saturated rings. The molecule has 0 atom stereocenters. The van der Waals surface area contributed by atoms with Crippen molar-refractivity contribution in [1.82, 2.24) is 0 Å². The summed E-state index contributed by atoms with van der Waals surface area (Å²) in [7, 11) is 0. The first kappa shape index (κ1) is 10.5. The lowest BCUT2D eigenvalue weighted by Gasteiger charge is -2.00. The van der Waals surface area contributed by atoms with Gasteiger partial charge in [-0.1, -0.05) is 5.57 Å². The van der Waals surface area contributed by atoms with Crippen LogP contribution in [-0.4, -0.2) is 11.1 Å².